The molecule has 0 spiro atoms. The van der Waals surface area contributed by atoms with Crippen LogP contribution in [0.25, 0.3) is 21.9 Å². The summed E-state index contributed by atoms with van der Waals surface area (Å²) in [6, 6.07) is 18.8. The van der Waals surface area contributed by atoms with Crippen molar-refractivity contribution in [3.05, 3.63) is 71.3 Å². The number of hydrogen-bond donors (Lipinski definition) is 0. The minimum Gasteiger partial charge on any atom is -0.298 e. The van der Waals surface area contributed by atoms with Crippen molar-refractivity contribution in [1.29, 1.82) is 0 Å². The predicted octanol–water partition coefficient (Wildman–Crippen LogP) is 5.20. The van der Waals surface area contributed by atoms with Crippen molar-refractivity contribution >= 4 is 17.1 Å². The van der Waals surface area contributed by atoms with Crippen molar-refractivity contribution in [2.45, 2.75) is 25.7 Å². The van der Waals surface area contributed by atoms with Gasteiger partial charge in [0.2, 0.25) is 0 Å². The standard InChI is InChI=1S/C21H18O/c22-14-16-7-2-4-9-18(16)20-11-5-10-19-17-8-3-1-6-15(17)12-13-21(19)20/h2,4-5,7,9-14H,1,3,6,8H2. The first kappa shape index (κ1) is 13.3. The van der Waals surface area contributed by atoms with Gasteiger partial charge in [-0.25, -0.2) is 0 Å². The molecule has 3 aromatic carbocycles. The first-order valence-corrected chi connectivity index (χ1v) is 7.96. The number of fused-ring (bicyclic) bond motifs is 3. The second-order valence-corrected chi connectivity index (χ2v) is 6.02. The van der Waals surface area contributed by atoms with Crippen molar-refractivity contribution in [3.63, 3.8) is 0 Å². The lowest BCUT2D eigenvalue weighted by atomic mass is 9.85. The lowest BCUT2D eigenvalue weighted by molar-refractivity contribution is 0.112. The summed E-state index contributed by atoms with van der Waals surface area (Å²) in [5, 5.41) is 2.62. The molecule has 0 radical (unpaired) electrons. The van der Waals surface area contributed by atoms with Crippen LogP contribution in [0.2, 0.25) is 0 Å². The number of rotatable bonds is 2. The van der Waals surface area contributed by atoms with Crippen LogP contribution in [0.4, 0.5) is 0 Å². The van der Waals surface area contributed by atoms with Crippen LogP contribution in [0.3, 0.4) is 0 Å². The molecule has 0 heterocycles. The van der Waals surface area contributed by atoms with Crippen LogP contribution in [0.1, 0.15) is 34.3 Å². The molecule has 0 fully saturated rings. The van der Waals surface area contributed by atoms with E-state index in [1.165, 1.54) is 47.6 Å². The minimum atomic E-state index is 0.757. The van der Waals surface area contributed by atoms with Crippen LogP contribution in [0.15, 0.2) is 54.6 Å². The summed E-state index contributed by atoms with van der Waals surface area (Å²) in [5.41, 5.74) is 5.95. The Balaban J connectivity index is 2.02. The summed E-state index contributed by atoms with van der Waals surface area (Å²) in [7, 11) is 0. The Morgan fingerprint density at radius 1 is 0.727 bits per heavy atom. The zero-order valence-electron chi connectivity index (χ0n) is 12.5. The molecule has 0 bridgehead atoms. The number of carbonyl (C=O) groups is 1. The highest BCUT2D eigenvalue weighted by Gasteiger charge is 2.15. The Bertz CT molecular complexity index is 861. The average molecular weight is 286 g/mol. The third-order valence-corrected chi connectivity index (χ3v) is 4.77. The maximum atomic E-state index is 11.4. The normalized spacial score (nSPS) is 13.8. The van der Waals surface area contributed by atoms with Crippen LogP contribution in [0.5, 0.6) is 0 Å². The summed E-state index contributed by atoms with van der Waals surface area (Å²) in [4.78, 5) is 11.4. The predicted molar refractivity (Wildman–Crippen MR) is 91.4 cm³/mol. The smallest absolute Gasteiger partial charge is 0.150 e. The maximum absolute atomic E-state index is 11.4. The molecule has 1 nitrogen and oxygen atoms in total. The number of benzene rings is 3. The van der Waals surface area contributed by atoms with Crippen molar-refractivity contribution < 1.29 is 4.79 Å². The summed E-state index contributed by atoms with van der Waals surface area (Å²) in [5.74, 6) is 0. The topological polar surface area (TPSA) is 17.1 Å². The zero-order chi connectivity index (χ0) is 14.9. The fourth-order valence-corrected chi connectivity index (χ4v) is 3.69. The van der Waals surface area contributed by atoms with Gasteiger partial charge in [0.25, 0.3) is 0 Å². The molecule has 3 aromatic rings. The molecule has 0 atom stereocenters. The van der Waals surface area contributed by atoms with E-state index in [0.29, 0.717) is 0 Å². The van der Waals surface area contributed by atoms with Crippen molar-refractivity contribution in [2.75, 3.05) is 0 Å². The Kier molecular flexibility index (Phi) is 3.27. The van der Waals surface area contributed by atoms with Crippen molar-refractivity contribution in [2.24, 2.45) is 0 Å². The van der Waals surface area contributed by atoms with Crippen LogP contribution in [-0.2, 0) is 12.8 Å². The first-order chi connectivity index (χ1) is 10.9. The van der Waals surface area contributed by atoms with Gasteiger partial charge in [0, 0.05) is 5.56 Å². The van der Waals surface area contributed by atoms with Gasteiger partial charge in [-0.3, -0.25) is 4.79 Å². The lowest BCUT2D eigenvalue weighted by Gasteiger charge is -2.19. The number of carbonyl (C=O) groups excluding carboxylic acids is 1. The molecule has 0 saturated carbocycles. The fraction of sp³-hybridized carbons (Fsp3) is 0.190. The molecule has 1 heteroatoms. The van der Waals surface area contributed by atoms with E-state index in [4.69, 9.17) is 0 Å². The lowest BCUT2D eigenvalue weighted by Crippen LogP contribution is -2.03. The molecule has 4 rings (SSSR count). The van der Waals surface area contributed by atoms with Crippen LogP contribution in [-0.4, -0.2) is 6.29 Å². The molecule has 108 valence electrons. The first-order valence-electron chi connectivity index (χ1n) is 7.96. The average Bonchev–Trinajstić information content (AvgIpc) is 2.61. The van der Waals surface area contributed by atoms with Gasteiger partial charge in [-0.2, -0.15) is 0 Å². The maximum Gasteiger partial charge on any atom is 0.150 e. The van der Waals surface area contributed by atoms with Gasteiger partial charge in [-0.15, -0.1) is 0 Å². The summed E-state index contributed by atoms with van der Waals surface area (Å²) >= 11 is 0. The van der Waals surface area contributed by atoms with Crippen LogP contribution < -0.4 is 0 Å². The minimum absolute atomic E-state index is 0.757. The van der Waals surface area contributed by atoms with E-state index in [0.717, 1.165) is 23.0 Å². The highest BCUT2D eigenvalue weighted by Crippen LogP contribution is 2.35. The van der Waals surface area contributed by atoms with E-state index < -0.39 is 0 Å². The molecule has 0 N–H and O–H groups in total. The molecule has 1 aliphatic carbocycles. The van der Waals surface area contributed by atoms with Gasteiger partial charge in [0.1, 0.15) is 0 Å². The fourth-order valence-electron chi connectivity index (χ4n) is 3.69. The third-order valence-electron chi connectivity index (χ3n) is 4.77. The zero-order valence-corrected chi connectivity index (χ0v) is 12.5. The third kappa shape index (κ3) is 2.05. The number of hydrogen-bond acceptors (Lipinski definition) is 1. The van der Waals surface area contributed by atoms with Gasteiger partial charge < -0.3 is 0 Å². The summed E-state index contributed by atoms with van der Waals surface area (Å²) in [6.45, 7) is 0. The summed E-state index contributed by atoms with van der Waals surface area (Å²) < 4.78 is 0. The van der Waals surface area contributed by atoms with E-state index in [9.17, 15) is 4.79 Å². The Labute approximate surface area is 130 Å². The highest BCUT2D eigenvalue weighted by atomic mass is 16.1. The Morgan fingerprint density at radius 2 is 1.55 bits per heavy atom. The SMILES string of the molecule is O=Cc1ccccc1-c1cccc2c3c(ccc12)CCCC3. The van der Waals surface area contributed by atoms with Crippen LogP contribution >= 0.6 is 0 Å². The molecule has 0 unspecified atom stereocenters. The van der Waals surface area contributed by atoms with E-state index in [1.54, 1.807) is 0 Å². The van der Waals surface area contributed by atoms with Gasteiger partial charge >= 0.3 is 0 Å². The van der Waals surface area contributed by atoms with E-state index >= 15 is 0 Å². The molecule has 0 saturated heterocycles. The molecular weight excluding hydrogens is 268 g/mol. The van der Waals surface area contributed by atoms with Crippen molar-refractivity contribution in [3.8, 4) is 11.1 Å². The van der Waals surface area contributed by atoms with Gasteiger partial charge in [-0.05, 0) is 58.7 Å². The monoisotopic (exact) mass is 286 g/mol. The van der Waals surface area contributed by atoms with Crippen molar-refractivity contribution in [1.82, 2.24) is 0 Å². The Morgan fingerprint density at radius 3 is 2.45 bits per heavy atom. The molecular formula is C21H18O. The second-order valence-electron chi connectivity index (χ2n) is 6.02. The quantitative estimate of drug-likeness (QED) is 0.592. The van der Waals surface area contributed by atoms with Gasteiger partial charge in [0.15, 0.2) is 6.29 Å². The number of aryl methyl sites for hydroxylation is 2. The molecule has 0 amide bonds. The molecule has 0 aromatic heterocycles. The number of aldehydes is 1. The molecule has 22 heavy (non-hydrogen) atoms. The van der Waals surface area contributed by atoms with E-state index in [-0.39, 0.29) is 0 Å². The van der Waals surface area contributed by atoms with Gasteiger partial charge in [-0.1, -0.05) is 54.6 Å². The molecule has 1 aliphatic rings. The second kappa shape index (κ2) is 5.42. The largest absolute Gasteiger partial charge is 0.298 e. The van der Waals surface area contributed by atoms with Gasteiger partial charge in [0.05, 0.1) is 0 Å². The van der Waals surface area contributed by atoms with E-state index in [1.807, 2.05) is 24.3 Å². The summed E-state index contributed by atoms with van der Waals surface area (Å²) in [6.07, 6.45) is 5.89. The van der Waals surface area contributed by atoms with E-state index in [2.05, 4.69) is 30.3 Å². The molecule has 0 aliphatic heterocycles. The highest BCUT2D eigenvalue weighted by molar-refractivity contribution is 6.02. The Hall–Kier alpha value is -2.41. The van der Waals surface area contributed by atoms with Crippen LogP contribution in [0, 0.1) is 0 Å².